The van der Waals surface area contributed by atoms with E-state index >= 15 is 0 Å². The van der Waals surface area contributed by atoms with Crippen molar-refractivity contribution in [3.05, 3.63) is 69.3 Å². The fraction of sp³-hybridized carbons (Fsp3) is 0.429. The molecule has 0 aliphatic carbocycles. The van der Waals surface area contributed by atoms with E-state index in [1.807, 2.05) is 33.8 Å². The van der Waals surface area contributed by atoms with Crippen molar-refractivity contribution in [3.63, 3.8) is 0 Å². The first-order chi connectivity index (χ1) is 17.3. The Morgan fingerprint density at radius 3 is 2.56 bits per heavy atom. The number of amides is 1. The molecule has 0 bridgehead atoms. The lowest BCUT2D eigenvalue weighted by atomic mass is 9.98. The number of ether oxygens (including phenoxy) is 3. The Morgan fingerprint density at radius 2 is 1.83 bits per heavy atom. The van der Waals surface area contributed by atoms with Crippen LogP contribution in [0.15, 0.2) is 45.6 Å². The predicted molar refractivity (Wildman–Crippen MR) is 134 cm³/mol. The summed E-state index contributed by atoms with van der Waals surface area (Å²) in [6.07, 6.45) is 1.49. The fourth-order valence-corrected chi connectivity index (χ4v) is 4.42. The van der Waals surface area contributed by atoms with Gasteiger partial charge in [-0.3, -0.25) is 9.59 Å². The molecule has 36 heavy (non-hydrogen) atoms. The molecule has 1 amide bonds. The predicted octanol–water partition coefficient (Wildman–Crippen LogP) is 5.48. The fourth-order valence-electron chi connectivity index (χ4n) is 4.42. The molecule has 4 rings (SSSR count). The molecule has 1 aromatic heterocycles. The number of carbonyl (C=O) groups is 1. The van der Waals surface area contributed by atoms with Gasteiger partial charge in [0.25, 0.3) is 5.91 Å². The van der Waals surface area contributed by atoms with Gasteiger partial charge in [0.15, 0.2) is 16.9 Å². The van der Waals surface area contributed by atoms with E-state index in [1.165, 1.54) is 12.1 Å². The van der Waals surface area contributed by atoms with Gasteiger partial charge in [0.2, 0.25) is 5.76 Å². The number of benzene rings is 2. The molecule has 192 valence electrons. The third-order valence-corrected chi connectivity index (χ3v) is 5.97. The van der Waals surface area contributed by atoms with E-state index in [-0.39, 0.29) is 34.3 Å². The average molecular weight is 498 g/mol. The topological polar surface area (TPSA) is 78.2 Å². The van der Waals surface area contributed by atoms with Gasteiger partial charge in [0.1, 0.15) is 11.4 Å². The molecule has 0 radical (unpaired) electrons. The summed E-state index contributed by atoms with van der Waals surface area (Å²) in [4.78, 5) is 28.7. The maximum atomic E-state index is 14.0. The molecule has 3 aromatic rings. The smallest absolute Gasteiger partial charge is 0.290 e. The second kappa shape index (κ2) is 11.1. The molecule has 1 atom stereocenters. The van der Waals surface area contributed by atoms with E-state index in [4.69, 9.17) is 18.6 Å². The standard InChI is InChI=1S/C28H32FNO6/c1-5-13-35-22-10-8-18(15-23(22)33-6-2)25-24-26(31)20-16-19(29)9-11-21(20)36-27(24)28(32)30(25)12-7-14-34-17(3)4/h8-11,15-17,25H,5-7,12-14H2,1-4H3. The monoisotopic (exact) mass is 497 g/mol. The highest BCUT2D eigenvalue weighted by atomic mass is 19.1. The van der Waals surface area contributed by atoms with Gasteiger partial charge in [0, 0.05) is 13.2 Å². The van der Waals surface area contributed by atoms with E-state index in [1.54, 1.807) is 17.0 Å². The number of hydrogen-bond donors (Lipinski definition) is 0. The van der Waals surface area contributed by atoms with E-state index in [0.717, 1.165) is 12.5 Å². The highest BCUT2D eigenvalue weighted by molar-refractivity contribution is 5.99. The van der Waals surface area contributed by atoms with Crippen molar-refractivity contribution >= 4 is 16.9 Å². The second-order valence-corrected chi connectivity index (χ2v) is 8.98. The lowest BCUT2D eigenvalue weighted by molar-refractivity contribution is 0.0593. The summed E-state index contributed by atoms with van der Waals surface area (Å²) in [5, 5.41) is 0.101. The van der Waals surface area contributed by atoms with Crippen molar-refractivity contribution in [2.45, 2.75) is 52.7 Å². The number of nitrogens with zero attached hydrogens (tertiary/aromatic N) is 1. The summed E-state index contributed by atoms with van der Waals surface area (Å²) in [5.41, 5.74) is 0.639. The lowest BCUT2D eigenvalue weighted by Crippen LogP contribution is -2.31. The van der Waals surface area contributed by atoms with Crippen LogP contribution in [0.1, 0.15) is 68.3 Å². The van der Waals surface area contributed by atoms with E-state index in [0.29, 0.717) is 49.8 Å². The van der Waals surface area contributed by atoms with Crippen LogP contribution in [0.2, 0.25) is 0 Å². The molecule has 0 fully saturated rings. The van der Waals surface area contributed by atoms with Crippen LogP contribution in [-0.2, 0) is 4.74 Å². The highest BCUT2D eigenvalue weighted by Crippen LogP contribution is 2.41. The molecule has 7 nitrogen and oxygen atoms in total. The summed E-state index contributed by atoms with van der Waals surface area (Å²) >= 11 is 0. The van der Waals surface area contributed by atoms with Crippen molar-refractivity contribution in [2.75, 3.05) is 26.4 Å². The number of carbonyl (C=O) groups excluding carboxylic acids is 1. The Bertz CT molecular complexity index is 1300. The van der Waals surface area contributed by atoms with Gasteiger partial charge in [-0.1, -0.05) is 13.0 Å². The molecule has 0 N–H and O–H groups in total. The third-order valence-electron chi connectivity index (χ3n) is 5.97. The minimum atomic E-state index is -0.713. The van der Waals surface area contributed by atoms with Gasteiger partial charge >= 0.3 is 0 Å². The summed E-state index contributed by atoms with van der Waals surface area (Å²) in [6, 6.07) is 8.44. The number of halogens is 1. The van der Waals surface area contributed by atoms with Crippen LogP contribution in [0.3, 0.4) is 0 Å². The first-order valence-electron chi connectivity index (χ1n) is 12.4. The third kappa shape index (κ3) is 5.09. The van der Waals surface area contributed by atoms with Crippen molar-refractivity contribution in [1.29, 1.82) is 0 Å². The summed E-state index contributed by atoms with van der Waals surface area (Å²) in [5.74, 6) is 0.180. The van der Waals surface area contributed by atoms with Crippen molar-refractivity contribution < 1.29 is 27.8 Å². The van der Waals surface area contributed by atoms with Crippen LogP contribution in [0.5, 0.6) is 11.5 Å². The normalized spacial score (nSPS) is 15.1. The first-order valence-corrected chi connectivity index (χ1v) is 12.4. The zero-order valence-corrected chi connectivity index (χ0v) is 21.1. The first kappa shape index (κ1) is 25.7. The second-order valence-electron chi connectivity index (χ2n) is 8.98. The average Bonchev–Trinajstić information content (AvgIpc) is 3.13. The number of hydrogen-bond acceptors (Lipinski definition) is 6. The molecule has 1 unspecified atom stereocenters. The molecule has 0 saturated carbocycles. The highest BCUT2D eigenvalue weighted by Gasteiger charge is 2.42. The minimum absolute atomic E-state index is 0.0156. The quantitative estimate of drug-likeness (QED) is 0.327. The van der Waals surface area contributed by atoms with Crippen LogP contribution in [0.25, 0.3) is 11.0 Å². The van der Waals surface area contributed by atoms with Crippen LogP contribution < -0.4 is 14.9 Å². The minimum Gasteiger partial charge on any atom is -0.490 e. The molecule has 0 spiro atoms. The van der Waals surface area contributed by atoms with Gasteiger partial charge < -0.3 is 23.5 Å². The molecule has 8 heteroatoms. The molecule has 0 saturated heterocycles. The Labute approximate surface area is 209 Å². The molecule has 2 heterocycles. The van der Waals surface area contributed by atoms with Crippen LogP contribution >= 0.6 is 0 Å². The van der Waals surface area contributed by atoms with Gasteiger partial charge in [-0.15, -0.1) is 0 Å². The van der Waals surface area contributed by atoms with E-state index in [2.05, 4.69) is 0 Å². The van der Waals surface area contributed by atoms with Crippen molar-refractivity contribution in [3.8, 4) is 11.5 Å². The largest absolute Gasteiger partial charge is 0.490 e. The number of fused-ring (bicyclic) bond motifs is 2. The SMILES string of the molecule is CCCOc1ccc(C2c3c(oc4ccc(F)cc4c3=O)C(=O)N2CCCOC(C)C)cc1OCC. The maximum absolute atomic E-state index is 14.0. The summed E-state index contributed by atoms with van der Waals surface area (Å²) in [6.45, 7) is 9.57. The van der Waals surface area contributed by atoms with Gasteiger partial charge in [-0.25, -0.2) is 4.39 Å². The Balaban J connectivity index is 1.82. The van der Waals surface area contributed by atoms with Crippen molar-refractivity contribution in [2.24, 2.45) is 0 Å². The molecular weight excluding hydrogens is 465 g/mol. The van der Waals surface area contributed by atoms with Crippen molar-refractivity contribution in [1.82, 2.24) is 4.90 Å². The summed E-state index contributed by atoms with van der Waals surface area (Å²) < 4.78 is 37.2. The van der Waals surface area contributed by atoms with Crippen LogP contribution in [-0.4, -0.2) is 43.3 Å². The van der Waals surface area contributed by atoms with Crippen LogP contribution in [0, 0.1) is 5.82 Å². The van der Waals surface area contributed by atoms with Gasteiger partial charge in [-0.05, 0) is 69.5 Å². The molecule has 1 aliphatic heterocycles. The molecule has 1 aliphatic rings. The molecule has 2 aromatic carbocycles. The maximum Gasteiger partial charge on any atom is 0.290 e. The van der Waals surface area contributed by atoms with Crippen LogP contribution in [0.4, 0.5) is 4.39 Å². The number of rotatable bonds is 11. The zero-order valence-electron chi connectivity index (χ0n) is 21.1. The Hall–Kier alpha value is -3.39. The molecular formula is C28H32FNO6. The van der Waals surface area contributed by atoms with Gasteiger partial charge in [0.05, 0.1) is 36.3 Å². The Morgan fingerprint density at radius 1 is 1.03 bits per heavy atom. The van der Waals surface area contributed by atoms with Gasteiger partial charge in [-0.2, -0.15) is 0 Å². The Kier molecular flexibility index (Phi) is 7.94. The van der Waals surface area contributed by atoms with E-state index < -0.39 is 17.3 Å². The van der Waals surface area contributed by atoms with E-state index in [9.17, 15) is 14.0 Å². The lowest BCUT2D eigenvalue weighted by Gasteiger charge is -2.26. The zero-order chi connectivity index (χ0) is 25.8. The summed E-state index contributed by atoms with van der Waals surface area (Å²) in [7, 11) is 0.